The molecule has 0 spiro atoms. The van der Waals surface area contributed by atoms with Crippen molar-refractivity contribution in [3.63, 3.8) is 0 Å². The molecule has 5 nitrogen and oxygen atoms in total. The van der Waals surface area contributed by atoms with Crippen LogP contribution < -0.4 is 15.4 Å². The molecule has 0 amide bonds. The van der Waals surface area contributed by atoms with Gasteiger partial charge < -0.3 is 15.4 Å². The number of aryl methyl sites for hydroxylation is 1. The van der Waals surface area contributed by atoms with Gasteiger partial charge in [0.25, 0.3) is 0 Å². The molecule has 2 aromatic rings. The van der Waals surface area contributed by atoms with Crippen molar-refractivity contribution in [2.75, 3.05) is 19.7 Å². The van der Waals surface area contributed by atoms with Crippen LogP contribution in [0.3, 0.4) is 0 Å². The highest BCUT2D eigenvalue weighted by Crippen LogP contribution is 2.10. The number of aliphatic imine (C=N–C) groups is 1. The maximum absolute atomic E-state index is 5.43. The summed E-state index contributed by atoms with van der Waals surface area (Å²) in [6.07, 6.45) is 3.89. The second-order valence-corrected chi connectivity index (χ2v) is 5.65. The minimum absolute atomic E-state index is 0.594. The van der Waals surface area contributed by atoms with Crippen molar-refractivity contribution in [1.29, 1.82) is 0 Å². The molecule has 134 valence electrons. The fraction of sp³-hybridized carbons (Fsp3) is 0.400. The van der Waals surface area contributed by atoms with E-state index in [0.29, 0.717) is 19.0 Å². The van der Waals surface area contributed by atoms with E-state index in [1.807, 2.05) is 25.1 Å². The second-order valence-electron chi connectivity index (χ2n) is 5.65. The third-order valence-electron chi connectivity index (χ3n) is 3.63. The summed E-state index contributed by atoms with van der Waals surface area (Å²) in [6, 6.07) is 14.4. The summed E-state index contributed by atoms with van der Waals surface area (Å²) in [6.45, 7) is 6.96. The van der Waals surface area contributed by atoms with Crippen LogP contribution in [0, 0.1) is 0 Å². The van der Waals surface area contributed by atoms with Crippen LogP contribution in [0.4, 0.5) is 0 Å². The number of benzene rings is 1. The fourth-order valence-corrected chi connectivity index (χ4v) is 2.43. The Kier molecular flexibility index (Phi) is 8.32. The molecule has 25 heavy (non-hydrogen) atoms. The van der Waals surface area contributed by atoms with E-state index in [9.17, 15) is 0 Å². The quantitative estimate of drug-likeness (QED) is 0.418. The standard InChI is InChI=1S/C20H28N4O/c1-3-21-20(23-13-8-11-17-9-6-5-7-10-17)24-16-18-12-14-22-19(15-18)25-4-2/h5-7,9-10,12,14-15H,3-4,8,11,13,16H2,1-2H3,(H2,21,23,24). The van der Waals surface area contributed by atoms with E-state index in [4.69, 9.17) is 4.74 Å². The monoisotopic (exact) mass is 340 g/mol. The van der Waals surface area contributed by atoms with Crippen molar-refractivity contribution in [1.82, 2.24) is 15.6 Å². The van der Waals surface area contributed by atoms with E-state index in [2.05, 4.69) is 51.8 Å². The number of rotatable bonds is 9. The van der Waals surface area contributed by atoms with E-state index in [1.165, 1.54) is 5.56 Å². The molecule has 5 heteroatoms. The highest BCUT2D eigenvalue weighted by atomic mass is 16.5. The highest BCUT2D eigenvalue weighted by Gasteiger charge is 2.00. The van der Waals surface area contributed by atoms with Gasteiger partial charge in [0.1, 0.15) is 0 Å². The van der Waals surface area contributed by atoms with Gasteiger partial charge in [-0.1, -0.05) is 30.3 Å². The van der Waals surface area contributed by atoms with Crippen LogP contribution >= 0.6 is 0 Å². The molecule has 1 aromatic heterocycles. The number of ether oxygens (including phenoxy) is 1. The van der Waals surface area contributed by atoms with Gasteiger partial charge in [0.2, 0.25) is 5.88 Å². The molecule has 0 aliphatic heterocycles. The molecule has 1 aromatic carbocycles. The Hall–Kier alpha value is -2.56. The predicted molar refractivity (Wildman–Crippen MR) is 103 cm³/mol. The molecule has 0 radical (unpaired) electrons. The van der Waals surface area contributed by atoms with Gasteiger partial charge in [0.15, 0.2) is 5.96 Å². The van der Waals surface area contributed by atoms with E-state index >= 15 is 0 Å². The lowest BCUT2D eigenvalue weighted by Gasteiger charge is -2.11. The molecular weight excluding hydrogens is 312 g/mol. The van der Waals surface area contributed by atoms with Crippen LogP contribution in [0.1, 0.15) is 31.4 Å². The Labute approximate surface area is 150 Å². The lowest BCUT2D eigenvalue weighted by Crippen LogP contribution is -2.37. The maximum atomic E-state index is 5.43. The first-order valence-corrected chi connectivity index (χ1v) is 8.95. The van der Waals surface area contributed by atoms with Crippen molar-refractivity contribution in [2.24, 2.45) is 4.99 Å². The number of nitrogens with zero attached hydrogens (tertiary/aromatic N) is 2. The minimum Gasteiger partial charge on any atom is -0.478 e. The van der Waals surface area contributed by atoms with E-state index in [0.717, 1.165) is 37.5 Å². The summed E-state index contributed by atoms with van der Waals surface area (Å²) in [5, 5.41) is 6.68. The van der Waals surface area contributed by atoms with Gasteiger partial charge in [0, 0.05) is 25.4 Å². The van der Waals surface area contributed by atoms with Gasteiger partial charge in [-0.25, -0.2) is 9.98 Å². The van der Waals surface area contributed by atoms with Crippen LogP contribution in [-0.2, 0) is 13.0 Å². The fourth-order valence-electron chi connectivity index (χ4n) is 2.43. The normalized spacial score (nSPS) is 11.2. The summed E-state index contributed by atoms with van der Waals surface area (Å²) in [7, 11) is 0. The van der Waals surface area contributed by atoms with E-state index in [1.54, 1.807) is 6.20 Å². The SMILES string of the molecule is CCNC(=NCc1ccnc(OCC)c1)NCCCc1ccccc1. The molecule has 0 fully saturated rings. The molecule has 2 rings (SSSR count). The van der Waals surface area contributed by atoms with Gasteiger partial charge in [-0.15, -0.1) is 0 Å². The Balaban J connectivity index is 1.82. The van der Waals surface area contributed by atoms with Crippen molar-refractivity contribution in [3.05, 3.63) is 59.8 Å². The van der Waals surface area contributed by atoms with Crippen LogP contribution in [-0.4, -0.2) is 30.6 Å². The first kappa shape index (κ1) is 18.8. The third-order valence-corrected chi connectivity index (χ3v) is 3.63. The zero-order chi connectivity index (χ0) is 17.7. The van der Waals surface area contributed by atoms with Crippen LogP contribution in [0.5, 0.6) is 5.88 Å². The molecule has 0 aliphatic rings. The molecule has 0 saturated carbocycles. The van der Waals surface area contributed by atoms with Gasteiger partial charge >= 0.3 is 0 Å². The van der Waals surface area contributed by atoms with Crippen molar-refractivity contribution < 1.29 is 4.74 Å². The van der Waals surface area contributed by atoms with Crippen molar-refractivity contribution in [2.45, 2.75) is 33.2 Å². The predicted octanol–water partition coefficient (Wildman–Crippen LogP) is 3.17. The lowest BCUT2D eigenvalue weighted by atomic mass is 10.1. The molecule has 0 atom stereocenters. The molecule has 0 saturated heterocycles. The van der Waals surface area contributed by atoms with Crippen molar-refractivity contribution in [3.8, 4) is 5.88 Å². The zero-order valence-corrected chi connectivity index (χ0v) is 15.2. The number of aromatic nitrogens is 1. The first-order valence-electron chi connectivity index (χ1n) is 8.95. The van der Waals surface area contributed by atoms with Gasteiger partial charge in [-0.05, 0) is 43.9 Å². The van der Waals surface area contributed by atoms with E-state index < -0.39 is 0 Å². The van der Waals surface area contributed by atoms with Gasteiger partial charge in [-0.2, -0.15) is 0 Å². The third kappa shape index (κ3) is 7.25. The average Bonchev–Trinajstić information content (AvgIpc) is 2.64. The summed E-state index contributed by atoms with van der Waals surface area (Å²) in [5.41, 5.74) is 2.45. The molecule has 2 N–H and O–H groups in total. The number of nitrogens with one attached hydrogen (secondary N) is 2. The summed E-state index contributed by atoms with van der Waals surface area (Å²) < 4.78 is 5.43. The number of pyridine rings is 1. The number of hydrogen-bond donors (Lipinski definition) is 2. The van der Waals surface area contributed by atoms with Crippen molar-refractivity contribution >= 4 is 5.96 Å². The summed E-state index contributed by atoms with van der Waals surface area (Å²) in [5.74, 6) is 1.49. The molecular formula is C20H28N4O. The second kappa shape index (κ2) is 11.1. The lowest BCUT2D eigenvalue weighted by molar-refractivity contribution is 0.326. The molecule has 0 bridgehead atoms. The zero-order valence-electron chi connectivity index (χ0n) is 15.2. The molecule has 0 unspecified atom stereocenters. The Morgan fingerprint density at radius 3 is 2.68 bits per heavy atom. The van der Waals surface area contributed by atoms with Gasteiger partial charge in [-0.3, -0.25) is 0 Å². The van der Waals surface area contributed by atoms with Crippen LogP contribution in [0.25, 0.3) is 0 Å². The summed E-state index contributed by atoms with van der Waals surface area (Å²) in [4.78, 5) is 8.82. The van der Waals surface area contributed by atoms with Gasteiger partial charge in [0.05, 0.1) is 13.2 Å². The number of hydrogen-bond acceptors (Lipinski definition) is 3. The number of guanidine groups is 1. The average molecular weight is 340 g/mol. The molecule has 1 heterocycles. The largest absolute Gasteiger partial charge is 0.478 e. The highest BCUT2D eigenvalue weighted by molar-refractivity contribution is 5.79. The Morgan fingerprint density at radius 1 is 1.08 bits per heavy atom. The van der Waals surface area contributed by atoms with Crippen LogP contribution in [0.2, 0.25) is 0 Å². The first-order chi connectivity index (χ1) is 12.3. The smallest absolute Gasteiger partial charge is 0.213 e. The van der Waals surface area contributed by atoms with Crippen LogP contribution in [0.15, 0.2) is 53.7 Å². The topological polar surface area (TPSA) is 58.5 Å². The minimum atomic E-state index is 0.594. The maximum Gasteiger partial charge on any atom is 0.213 e. The summed E-state index contributed by atoms with van der Waals surface area (Å²) >= 11 is 0. The van der Waals surface area contributed by atoms with E-state index in [-0.39, 0.29) is 0 Å². The Bertz CT molecular complexity index is 643. The Morgan fingerprint density at radius 2 is 1.92 bits per heavy atom. The molecule has 0 aliphatic carbocycles.